The number of hydrazone groups is 2. The second-order valence-corrected chi connectivity index (χ2v) is 9.17. The first-order valence-electron chi connectivity index (χ1n) is 11.3. The van der Waals surface area contributed by atoms with Gasteiger partial charge in [0, 0.05) is 5.02 Å². The van der Waals surface area contributed by atoms with Gasteiger partial charge >= 0.3 is 0 Å². The van der Waals surface area contributed by atoms with E-state index in [1.807, 2.05) is 60.7 Å². The number of amides is 2. The van der Waals surface area contributed by atoms with Crippen molar-refractivity contribution in [3.8, 4) is 11.1 Å². The molecule has 0 bridgehead atoms. The standard InChI is InChI=1S/C26H18ClN7O2/c27-16-12-9-15(10-13-16)11-14-21-22(35)33-25(30-29-21)34-24(31-33)28-23(36)26(32-34)19-7-3-1-5-17(19)18-6-2-4-8-20(18)26/h1-14,25,30,32H,(H,28,31,36)/b14-11+/t25-/m1/s1. The van der Waals surface area contributed by atoms with Crippen molar-refractivity contribution < 1.29 is 9.59 Å². The van der Waals surface area contributed by atoms with Gasteiger partial charge in [-0.05, 0) is 46.0 Å². The van der Waals surface area contributed by atoms with Crippen LogP contribution in [0.5, 0.6) is 0 Å². The van der Waals surface area contributed by atoms with Gasteiger partial charge in [0.1, 0.15) is 5.71 Å². The van der Waals surface area contributed by atoms with Gasteiger partial charge in [0.2, 0.25) is 12.2 Å². The first kappa shape index (κ1) is 20.9. The summed E-state index contributed by atoms with van der Waals surface area (Å²) in [6.07, 6.45) is 2.63. The molecule has 1 saturated heterocycles. The van der Waals surface area contributed by atoms with Crippen molar-refractivity contribution in [1.29, 1.82) is 0 Å². The number of fused-ring (bicyclic) bond motifs is 8. The van der Waals surface area contributed by atoms with Crippen molar-refractivity contribution in [1.82, 2.24) is 26.2 Å². The topological polar surface area (TPSA) is 101 Å². The third-order valence-corrected chi connectivity index (χ3v) is 7.00. The average Bonchev–Trinajstić information content (AvgIpc) is 3.40. The summed E-state index contributed by atoms with van der Waals surface area (Å²) in [7, 11) is 0. The van der Waals surface area contributed by atoms with Gasteiger partial charge in [-0.15, -0.1) is 5.10 Å². The number of nitrogens with one attached hydrogen (secondary N) is 3. The van der Waals surface area contributed by atoms with Crippen molar-refractivity contribution in [2.24, 2.45) is 10.2 Å². The van der Waals surface area contributed by atoms with E-state index in [0.29, 0.717) is 5.02 Å². The fraction of sp³-hybridized carbons (Fsp3) is 0.0769. The minimum absolute atomic E-state index is 0.183. The molecule has 10 heteroatoms. The molecule has 7 rings (SSSR count). The molecule has 1 fully saturated rings. The fourth-order valence-electron chi connectivity index (χ4n) is 5.08. The molecule has 3 aromatic rings. The molecule has 3 heterocycles. The molecule has 2 amide bonds. The summed E-state index contributed by atoms with van der Waals surface area (Å²) in [6.45, 7) is 0. The second-order valence-electron chi connectivity index (χ2n) is 8.74. The maximum absolute atomic E-state index is 13.7. The van der Waals surface area contributed by atoms with Crippen LogP contribution in [0, 0.1) is 0 Å². The van der Waals surface area contributed by atoms with Gasteiger partial charge in [-0.3, -0.25) is 20.3 Å². The first-order chi connectivity index (χ1) is 17.6. The van der Waals surface area contributed by atoms with Gasteiger partial charge in [-0.1, -0.05) is 78.3 Å². The van der Waals surface area contributed by atoms with Crippen LogP contribution in [0.1, 0.15) is 16.7 Å². The van der Waals surface area contributed by atoms with Gasteiger partial charge in [0.25, 0.3) is 11.8 Å². The molecular formula is C26H18ClN7O2. The molecule has 176 valence electrons. The molecular weight excluding hydrogens is 478 g/mol. The Hall–Kier alpha value is -4.47. The summed E-state index contributed by atoms with van der Waals surface area (Å²) < 4.78 is 0. The van der Waals surface area contributed by atoms with Crippen LogP contribution in [0.3, 0.4) is 0 Å². The fourth-order valence-corrected chi connectivity index (χ4v) is 5.20. The zero-order chi connectivity index (χ0) is 24.4. The Kier molecular flexibility index (Phi) is 4.35. The lowest BCUT2D eigenvalue weighted by Crippen LogP contribution is -2.73. The average molecular weight is 496 g/mol. The zero-order valence-corrected chi connectivity index (χ0v) is 19.4. The SMILES string of the molecule is O=C1C(/C=C/c2ccc(Cl)cc2)=NN[C@@H]2N1N=C1NC(=O)C3(NN12)c1ccccc1-c1ccccc13. The van der Waals surface area contributed by atoms with Crippen LogP contribution >= 0.6 is 11.6 Å². The number of hydrazine groups is 1. The number of rotatable bonds is 2. The molecule has 0 unspecified atom stereocenters. The van der Waals surface area contributed by atoms with E-state index >= 15 is 0 Å². The lowest BCUT2D eigenvalue weighted by molar-refractivity contribution is -0.134. The van der Waals surface area contributed by atoms with E-state index in [2.05, 4.69) is 26.4 Å². The number of carbonyl (C=O) groups excluding carboxylic acids is 2. The maximum Gasteiger partial charge on any atom is 0.298 e. The first-order valence-corrected chi connectivity index (χ1v) is 11.7. The van der Waals surface area contributed by atoms with Crippen LogP contribution in [-0.4, -0.2) is 39.8 Å². The summed E-state index contributed by atoms with van der Waals surface area (Å²) in [5.41, 5.74) is 9.88. The lowest BCUT2D eigenvalue weighted by atomic mass is 9.86. The number of halogens is 1. The Bertz CT molecular complexity index is 1500. The second kappa shape index (κ2) is 7.51. The van der Waals surface area contributed by atoms with Crippen LogP contribution in [-0.2, 0) is 15.1 Å². The van der Waals surface area contributed by atoms with Gasteiger partial charge in [-0.25, -0.2) is 10.4 Å². The largest absolute Gasteiger partial charge is 0.298 e. The summed E-state index contributed by atoms with van der Waals surface area (Å²) >= 11 is 5.94. The number of hydrogen-bond donors (Lipinski definition) is 3. The number of hydrogen-bond acceptors (Lipinski definition) is 7. The van der Waals surface area contributed by atoms with Gasteiger partial charge in [0.15, 0.2) is 5.54 Å². The van der Waals surface area contributed by atoms with E-state index in [0.717, 1.165) is 27.8 Å². The van der Waals surface area contributed by atoms with E-state index < -0.39 is 17.7 Å². The predicted molar refractivity (Wildman–Crippen MR) is 135 cm³/mol. The van der Waals surface area contributed by atoms with E-state index in [9.17, 15) is 9.59 Å². The molecule has 0 saturated carbocycles. The van der Waals surface area contributed by atoms with Crippen molar-refractivity contribution in [2.75, 3.05) is 0 Å². The molecule has 1 atom stereocenters. The van der Waals surface area contributed by atoms with Gasteiger partial charge in [0.05, 0.1) is 0 Å². The third-order valence-electron chi connectivity index (χ3n) is 6.74. The highest BCUT2D eigenvalue weighted by molar-refractivity contribution is 6.44. The molecule has 4 aliphatic rings. The minimum Gasteiger partial charge on any atom is -0.291 e. The quantitative estimate of drug-likeness (QED) is 0.507. The highest BCUT2D eigenvalue weighted by atomic mass is 35.5. The number of guanidine groups is 1. The normalized spacial score (nSPS) is 20.9. The lowest BCUT2D eigenvalue weighted by Gasteiger charge is -2.43. The van der Waals surface area contributed by atoms with E-state index in [1.54, 1.807) is 29.3 Å². The molecule has 9 nitrogen and oxygen atoms in total. The Morgan fingerprint density at radius 3 is 2.25 bits per heavy atom. The van der Waals surface area contributed by atoms with Crippen molar-refractivity contribution in [2.45, 2.75) is 11.8 Å². The molecule has 3 N–H and O–H groups in total. The Balaban J connectivity index is 1.23. The molecule has 1 spiro atoms. The van der Waals surface area contributed by atoms with E-state index in [-0.39, 0.29) is 17.6 Å². The van der Waals surface area contributed by atoms with Crippen LogP contribution in [0.15, 0.2) is 89.1 Å². The predicted octanol–water partition coefficient (Wildman–Crippen LogP) is 2.57. The van der Waals surface area contributed by atoms with Crippen molar-refractivity contribution in [3.05, 3.63) is 101 Å². The molecule has 1 aliphatic carbocycles. The van der Waals surface area contributed by atoms with E-state index in [4.69, 9.17) is 11.6 Å². The van der Waals surface area contributed by atoms with Gasteiger partial charge < -0.3 is 0 Å². The molecule has 3 aromatic carbocycles. The highest BCUT2D eigenvalue weighted by Gasteiger charge is 2.57. The Morgan fingerprint density at radius 2 is 1.56 bits per heavy atom. The number of carbonyl (C=O) groups is 2. The van der Waals surface area contributed by atoms with Crippen molar-refractivity contribution >= 4 is 41.2 Å². The number of benzene rings is 3. The summed E-state index contributed by atoms with van der Waals surface area (Å²) in [5, 5.41) is 15.1. The monoisotopic (exact) mass is 495 g/mol. The van der Waals surface area contributed by atoms with E-state index in [1.165, 1.54) is 5.01 Å². The Labute approximate surface area is 210 Å². The molecule has 0 radical (unpaired) electrons. The molecule has 36 heavy (non-hydrogen) atoms. The third kappa shape index (κ3) is 2.81. The smallest absolute Gasteiger partial charge is 0.291 e. The summed E-state index contributed by atoms with van der Waals surface area (Å²) in [6, 6.07) is 22.8. The van der Waals surface area contributed by atoms with Crippen LogP contribution < -0.4 is 16.2 Å². The molecule has 0 aromatic heterocycles. The van der Waals surface area contributed by atoms with Crippen molar-refractivity contribution in [3.63, 3.8) is 0 Å². The zero-order valence-electron chi connectivity index (χ0n) is 18.6. The van der Waals surface area contributed by atoms with Gasteiger partial charge in [-0.2, -0.15) is 10.1 Å². The molecule has 3 aliphatic heterocycles. The summed E-state index contributed by atoms with van der Waals surface area (Å²) in [5.74, 6) is -0.453. The Morgan fingerprint density at radius 1 is 0.889 bits per heavy atom. The summed E-state index contributed by atoms with van der Waals surface area (Å²) in [4.78, 5) is 26.9. The maximum atomic E-state index is 13.7. The number of nitrogens with zero attached hydrogens (tertiary/aromatic N) is 4. The van der Waals surface area contributed by atoms with Crippen LogP contribution in [0.25, 0.3) is 17.2 Å². The van der Waals surface area contributed by atoms with Crippen LogP contribution in [0.4, 0.5) is 0 Å². The minimum atomic E-state index is -1.18. The highest BCUT2D eigenvalue weighted by Crippen LogP contribution is 2.48. The van der Waals surface area contributed by atoms with Crippen LogP contribution in [0.2, 0.25) is 5.02 Å².